The van der Waals surface area contributed by atoms with E-state index in [0.29, 0.717) is 5.82 Å². The van der Waals surface area contributed by atoms with Crippen LogP contribution in [-0.2, 0) is 6.42 Å². The Kier molecular flexibility index (Phi) is 4.20. The second-order valence-corrected chi connectivity index (χ2v) is 4.51. The molecule has 1 aliphatic carbocycles. The van der Waals surface area contributed by atoms with E-state index in [9.17, 15) is 4.79 Å². The average Bonchev–Trinajstić information content (AvgIpc) is 2.83. The van der Waals surface area contributed by atoms with Gasteiger partial charge < -0.3 is 10.4 Å². The Morgan fingerprint density at radius 1 is 1.30 bits per heavy atom. The Balaban J connectivity index is 0.00000147. The number of anilines is 1. The summed E-state index contributed by atoms with van der Waals surface area (Å²) in [6.45, 7) is 0. The fraction of sp³-hybridized carbons (Fsp3) is 0.214. The summed E-state index contributed by atoms with van der Waals surface area (Å²) in [6.07, 6.45) is 5.11. The maximum atomic E-state index is 10.8. The van der Waals surface area contributed by atoms with Crippen LogP contribution in [0.15, 0.2) is 36.7 Å². The highest BCUT2D eigenvalue weighted by Gasteiger charge is 2.23. The van der Waals surface area contributed by atoms with Crippen LogP contribution in [0.4, 0.5) is 5.82 Å². The molecule has 0 spiro atoms. The number of halogens is 1. The molecule has 0 amide bonds. The minimum absolute atomic E-state index is 0. The van der Waals surface area contributed by atoms with Crippen molar-refractivity contribution in [3.8, 4) is 0 Å². The number of aromatic nitrogens is 2. The first-order valence-electron chi connectivity index (χ1n) is 6.14. The zero-order valence-corrected chi connectivity index (χ0v) is 11.4. The van der Waals surface area contributed by atoms with Crippen LogP contribution in [0.25, 0.3) is 0 Å². The molecule has 0 saturated heterocycles. The van der Waals surface area contributed by atoms with Crippen LogP contribution in [0.2, 0.25) is 0 Å². The van der Waals surface area contributed by atoms with Crippen molar-refractivity contribution in [1.82, 2.24) is 9.97 Å². The van der Waals surface area contributed by atoms with Gasteiger partial charge in [0.1, 0.15) is 5.82 Å². The molecule has 20 heavy (non-hydrogen) atoms. The lowest BCUT2D eigenvalue weighted by Gasteiger charge is -2.14. The van der Waals surface area contributed by atoms with Gasteiger partial charge in [-0.1, -0.05) is 6.07 Å². The van der Waals surface area contributed by atoms with Gasteiger partial charge >= 0.3 is 5.97 Å². The van der Waals surface area contributed by atoms with Gasteiger partial charge in [-0.25, -0.2) is 9.78 Å². The van der Waals surface area contributed by atoms with Crippen molar-refractivity contribution >= 4 is 24.2 Å². The van der Waals surface area contributed by atoms with Crippen LogP contribution < -0.4 is 5.32 Å². The predicted octanol–water partition coefficient (Wildman–Crippen LogP) is 2.70. The van der Waals surface area contributed by atoms with Gasteiger partial charge in [-0.3, -0.25) is 4.98 Å². The fourth-order valence-electron chi connectivity index (χ4n) is 2.35. The molecule has 0 bridgehead atoms. The predicted molar refractivity (Wildman–Crippen MR) is 77.4 cm³/mol. The maximum absolute atomic E-state index is 10.8. The first kappa shape index (κ1) is 14.3. The number of pyridine rings is 2. The van der Waals surface area contributed by atoms with E-state index in [2.05, 4.69) is 21.4 Å². The largest absolute Gasteiger partial charge is 0.478 e. The van der Waals surface area contributed by atoms with Crippen molar-refractivity contribution in [1.29, 1.82) is 0 Å². The Labute approximate surface area is 122 Å². The smallest absolute Gasteiger partial charge is 0.337 e. The summed E-state index contributed by atoms with van der Waals surface area (Å²) in [5.41, 5.74) is 2.52. The lowest BCUT2D eigenvalue weighted by atomic mass is 10.1. The number of rotatable bonds is 3. The molecular weight excluding hydrogens is 278 g/mol. The summed E-state index contributed by atoms with van der Waals surface area (Å²) in [4.78, 5) is 19.2. The molecule has 5 nitrogen and oxygen atoms in total. The van der Waals surface area contributed by atoms with Gasteiger partial charge in [0.05, 0.1) is 11.6 Å². The third-order valence-corrected chi connectivity index (χ3v) is 3.30. The van der Waals surface area contributed by atoms with Crippen LogP contribution >= 0.6 is 12.4 Å². The van der Waals surface area contributed by atoms with E-state index >= 15 is 0 Å². The maximum Gasteiger partial charge on any atom is 0.337 e. The Hall–Kier alpha value is -2.14. The molecule has 0 aliphatic heterocycles. The van der Waals surface area contributed by atoms with Crippen molar-refractivity contribution in [2.45, 2.75) is 18.9 Å². The number of hydrogen-bond acceptors (Lipinski definition) is 4. The van der Waals surface area contributed by atoms with Gasteiger partial charge in [0, 0.05) is 18.1 Å². The van der Waals surface area contributed by atoms with E-state index in [1.54, 1.807) is 18.3 Å². The molecule has 1 aliphatic rings. The molecular formula is C14H14ClN3O2. The number of aromatic carboxylic acids is 1. The average molecular weight is 292 g/mol. The number of nitrogens with one attached hydrogen (secondary N) is 1. The van der Waals surface area contributed by atoms with Crippen LogP contribution in [0, 0.1) is 0 Å². The van der Waals surface area contributed by atoms with E-state index in [0.717, 1.165) is 18.5 Å². The molecule has 1 unspecified atom stereocenters. The molecule has 0 radical (unpaired) electrons. The zero-order valence-electron chi connectivity index (χ0n) is 10.6. The van der Waals surface area contributed by atoms with Gasteiger partial charge in [0.2, 0.25) is 0 Å². The van der Waals surface area contributed by atoms with E-state index in [1.165, 1.54) is 11.8 Å². The molecule has 0 aromatic carbocycles. The van der Waals surface area contributed by atoms with Crippen LogP contribution in [0.3, 0.4) is 0 Å². The minimum Gasteiger partial charge on any atom is -0.478 e. The zero-order chi connectivity index (χ0) is 13.2. The highest BCUT2D eigenvalue weighted by Crippen LogP contribution is 2.31. The molecule has 2 heterocycles. The highest BCUT2D eigenvalue weighted by atomic mass is 35.5. The molecule has 0 saturated carbocycles. The molecule has 2 aromatic heterocycles. The summed E-state index contributed by atoms with van der Waals surface area (Å²) < 4.78 is 0. The molecule has 1 atom stereocenters. The molecule has 3 rings (SSSR count). The standard InChI is InChI=1S/C14H13N3O2.ClH/c18-14(19)9-3-6-13(16-8-9)17-12-5-4-11-10(12)2-1-7-15-11;/h1-3,6-8,12H,4-5H2,(H,16,17)(H,18,19);1H. The number of carbonyl (C=O) groups is 1. The summed E-state index contributed by atoms with van der Waals surface area (Å²) >= 11 is 0. The van der Waals surface area contributed by atoms with Crippen molar-refractivity contribution in [2.24, 2.45) is 0 Å². The minimum atomic E-state index is -0.963. The number of fused-ring (bicyclic) bond motifs is 1. The number of carboxylic acid groups (broad SMARTS) is 1. The first-order valence-corrected chi connectivity index (χ1v) is 6.14. The van der Waals surface area contributed by atoms with E-state index in [4.69, 9.17) is 5.11 Å². The molecule has 2 aromatic rings. The Bertz CT molecular complexity index is 616. The Morgan fingerprint density at radius 2 is 2.15 bits per heavy atom. The van der Waals surface area contributed by atoms with Gasteiger partial charge in [-0.2, -0.15) is 0 Å². The SMILES string of the molecule is Cl.O=C(O)c1ccc(NC2CCc3ncccc32)nc1. The second kappa shape index (κ2) is 5.88. The molecule has 0 fully saturated rings. The molecule has 6 heteroatoms. The van der Waals surface area contributed by atoms with Crippen LogP contribution in [0.1, 0.15) is 34.1 Å². The monoisotopic (exact) mass is 291 g/mol. The van der Waals surface area contributed by atoms with Crippen LogP contribution in [0.5, 0.6) is 0 Å². The second-order valence-electron chi connectivity index (χ2n) is 4.51. The van der Waals surface area contributed by atoms with Crippen molar-refractivity contribution in [3.63, 3.8) is 0 Å². The van der Waals surface area contributed by atoms with Gasteiger partial charge in [0.15, 0.2) is 0 Å². The van der Waals surface area contributed by atoms with Gasteiger partial charge in [0.25, 0.3) is 0 Å². The van der Waals surface area contributed by atoms with Crippen molar-refractivity contribution < 1.29 is 9.90 Å². The van der Waals surface area contributed by atoms with Crippen molar-refractivity contribution in [3.05, 3.63) is 53.5 Å². The topological polar surface area (TPSA) is 75.1 Å². The summed E-state index contributed by atoms with van der Waals surface area (Å²) in [7, 11) is 0. The van der Waals surface area contributed by atoms with Crippen LogP contribution in [-0.4, -0.2) is 21.0 Å². The van der Waals surface area contributed by atoms with E-state index < -0.39 is 5.97 Å². The number of carboxylic acids is 1. The third-order valence-electron chi connectivity index (χ3n) is 3.30. The summed E-state index contributed by atoms with van der Waals surface area (Å²) in [5, 5.41) is 12.1. The van der Waals surface area contributed by atoms with E-state index in [-0.39, 0.29) is 24.0 Å². The quantitative estimate of drug-likeness (QED) is 0.909. The van der Waals surface area contributed by atoms with Gasteiger partial charge in [-0.15, -0.1) is 12.4 Å². The summed E-state index contributed by atoms with van der Waals surface area (Å²) in [5.74, 6) is -0.277. The third kappa shape index (κ3) is 2.72. The number of hydrogen-bond donors (Lipinski definition) is 2. The molecule has 2 N–H and O–H groups in total. The summed E-state index contributed by atoms with van der Waals surface area (Å²) in [6, 6.07) is 7.44. The highest BCUT2D eigenvalue weighted by molar-refractivity contribution is 5.87. The number of aryl methyl sites for hydroxylation is 1. The van der Waals surface area contributed by atoms with Gasteiger partial charge in [-0.05, 0) is 36.6 Å². The van der Waals surface area contributed by atoms with E-state index in [1.807, 2.05) is 6.07 Å². The number of nitrogens with zero attached hydrogens (tertiary/aromatic N) is 2. The fourth-order valence-corrected chi connectivity index (χ4v) is 2.35. The lowest BCUT2D eigenvalue weighted by Crippen LogP contribution is -2.09. The molecule has 104 valence electrons. The lowest BCUT2D eigenvalue weighted by molar-refractivity contribution is 0.0696. The Morgan fingerprint density at radius 3 is 2.85 bits per heavy atom. The van der Waals surface area contributed by atoms with Crippen molar-refractivity contribution in [2.75, 3.05) is 5.32 Å². The first-order chi connectivity index (χ1) is 9.24. The normalized spacial score (nSPS) is 16.1.